The van der Waals surface area contributed by atoms with Gasteiger partial charge in [0.1, 0.15) is 0 Å². The topological polar surface area (TPSA) is 6.48 Å². The third kappa shape index (κ3) is 2.16. The molecule has 1 atom stereocenters. The first-order valence-electron chi connectivity index (χ1n) is 5.63. The highest BCUT2D eigenvalue weighted by Crippen LogP contribution is 2.35. The smallest absolute Gasteiger partial charge is 0.261 e. The summed E-state index contributed by atoms with van der Waals surface area (Å²) in [5.41, 5.74) is 0.155. The first-order valence-corrected chi connectivity index (χ1v) is 5.63. The van der Waals surface area contributed by atoms with Crippen LogP contribution in [0.1, 0.15) is 26.7 Å². The molecule has 0 unspecified atom stereocenters. The van der Waals surface area contributed by atoms with Crippen LogP contribution in [0.25, 0.3) is 0 Å². The first kappa shape index (κ1) is 11.3. The molecule has 4 heteroatoms. The Kier molecular flexibility index (Phi) is 2.54. The van der Waals surface area contributed by atoms with Gasteiger partial charge in [0, 0.05) is 31.1 Å². The summed E-state index contributed by atoms with van der Waals surface area (Å²) in [6.07, 6.45) is 1.03. The Balaban J connectivity index is 1.98. The Morgan fingerprint density at radius 3 is 2.33 bits per heavy atom. The van der Waals surface area contributed by atoms with Crippen LogP contribution in [0.15, 0.2) is 0 Å². The second kappa shape index (κ2) is 3.39. The van der Waals surface area contributed by atoms with Crippen LogP contribution in [0.3, 0.4) is 0 Å². The Hall–Kier alpha value is -0.220. The molecule has 0 N–H and O–H groups in total. The van der Waals surface area contributed by atoms with Crippen LogP contribution >= 0.6 is 0 Å². The molecule has 2 fully saturated rings. The minimum atomic E-state index is -2.45. The largest absolute Gasteiger partial charge is 0.300 e. The van der Waals surface area contributed by atoms with Crippen LogP contribution in [0.4, 0.5) is 8.78 Å². The van der Waals surface area contributed by atoms with Crippen molar-refractivity contribution in [2.24, 2.45) is 0 Å². The zero-order chi connectivity index (χ0) is 11.3. The molecule has 2 heterocycles. The van der Waals surface area contributed by atoms with Gasteiger partial charge < -0.3 is 0 Å². The van der Waals surface area contributed by atoms with E-state index in [9.17, 15) is 8.78 Å². The lowest BCUT2D eigenvalue weighted by Gasteiger charge is -2.26. The summed E-state index contributed by atoms with van der Waals surface area (Å²) in [6, 6.07) is 0.318. The van der Waals surface area contributed by atoms with Crippen molar-refractivity contribution < 1.29 is 8.78 Å². The van der Waals surface area contributed by atoms with Gasteiger partial charge in [0.15, 0.2) is 0 Å². The number of hydrogen-bond acceptors (Lipinski definition) is 2. The van der Waals surface area contributed by atoms with Crippen molar-refractivity contribution in [3.8, 4) is 0 Å². The van der Waals surface area contributed by atoms with Crippen molar-refractivity contribution >= 4 is 0 Å². The fourth-order valence-corrected chi connectivity index (χ4v) is 2.68. The molecule has 0 saturated carbocycles. The summed E-state index contributed by atoms with van der Waals surface area (Å²) in [5.74, 6) is -2.45. The fourth-order valence-electron chi connectivity index (χ4n) is 2.68. The molecule has 2 aliphatic rings. The van der Waals surface area contributed by atoms with E-state index in [2.05, 4.69) is 25.8 Å². The monoisotopic (exact) mass is 218 g/mol. The SMILES string of the molecule is CN1C[C@H](N2CCC(F)(F)C2)CC1(C)C. The van der Waals surface area contributed by atoms with E-state index in [4.69, 9.17) is 0 Å². The Morgan fingerprint density at radius 2 is 1.93 bits per heavy atom. The molecule has 2 saturated heterocycles. The first-order chi connectivity index (χ1) is 6.80. The van der Waals surface area contributed by atoms with E-state index in [0.29, 0.717) is 12.6 Å². The number of alkyl halides is 2. The number of nitrogens with zero attached hydrogens (tertiary/aromatic N) is 2. The maximum atomic E-state index is 13.1. The van der Waals surface area contributed by atoms with Gasteiger partial charge in [-0.25, -0.2) is 8.78 Å². The van der Waals surface area contributed by atoms with Crippen molar-refractivity contribution in [3.05, 3.63) is 0 Å². The van der Waals surface area contributed by atoms with Gasteiger partial charge >= 0.3 is 0 Å². The predicted octanol–water partition coefficient (Wildman–Crippen LogP) is 1.81. The van der Waals surface area contributed by atoms with Crippen LogP contribution in [0, 0.1) is 0 Å². The molecule has 0 aromatic rings. The van der Waals surface area contributed by atoms with E-state index >= 15 is 0 Å². The van der Waals surface area contributed by atoms with Crippen molar-refractivity contribution in [3.63, 3.8) is 0 Å². The second-order valence-electron chi connectivity index (χ2n) is 5.63. The number of halogens is 2. The summed E-state index contributed by atoms with van der Waals surface area (Å²) in [4.78, 5) is 4.24. The highest BCUT2D eigenvalue weighted by atomic mass is 19.3. The van der Waals surface area contributed by atoms with Crippen molar-refractivity contribution in [2.75, 3.05) is 26.7 Å². The lowest BCUT2D eigenvalue weighted by atomic mass is 10.00. The van der Waals surface area contributed by atoms with Crippen LogP contribution < -0.4 is 0 Å². The standard InChI is InChI=1S/C11H20F2N2/c1-10(2)6-9(7-14(10)3)15-5-4-11(12,13)8-15/h9H,4-8H2,1-3H3/t9-/m1/s1. The maximum Gasteiger partial charge on any atom is 0.261 e. The lowest BCUT2D eigenvalue weighted by Crippen LogP contribution is -2.36. The molecule has 2 rings (SSSR count). The van der Waals surface area contributed by atoms with E-state index in [1.54, 1.807) is 0 Å². The number of likely N-dealkylation sites (tertiary alicyclic amines) is 2. The molecular weight excluding hydrogens is 198 g/mol. The molecule has 0 spiro atoms. The van der Waals surface area contributed by atoms with Gasteiger partial charge in [-0.1, -0.05) is 0 Å². The third-order valence-electron chi connectivity index (χ3n) is 3.97. The van der Waals surface area contributed by atoms with Crippen LogP contribution in [-0.4, -0.2) is 54.0 Å². The fraction of sp³-hybridized carbons (Fsp3) is 1.00. The quantitative estimate of drug-likeness (QED) is 0.662. The zero-order valence-electron chi connectivity index (χ0n) is 9.76. The van der Waals surface area contributed by atoms with Gasteiger partial charge in [-0.05, 0) is 27.3 Å². The number of likely N-dealkylation sites (N-methyl/N-ethyl adjacent to an activating group) is 1. The summed E-state index contributed by atoms with van der Waals surface area (Å²) >= 11 is 0. The molecule has 15 heavy (non-hydrogen) atoms. The van der Waals surface area contributed by atoms with Crippen LogP contribution in [-0.2, 0) is 0 Å². The molecule has 2 nitrogen and oxygen atoms in total. The van der Waals surface area contributed by atoms with Gasteiger partial charge in [-0.3, -0.25) is 9.80 Å². The molecule has 0 aromatic carbocycles. The van der Waals surface area contributed by atoms with Crippen molar-refractivity contribution in [1.29, 1.82) is 0 Å². The summed E-state index contributed by atoms with van der Waals surface area (Å²) < 4.78 is 26.2. The van der Waals surface area contributed by atoms with E-state index < -0.39 is 5.92 Å². The molecular formula is C11H20F2N2. The molecule has 0 aromatic heterocycles. The van der Waals surface area contributed by atoms with Gasteiger partial charge in [-0.15, -0.1) is 0 Å². The molecule has 2 aliphatic heterocycles. The normalized spacial score (nSPS) is 36.2. The molecule has 0 amide bonds. The van der Waals surface area contributed by atoms with Gasteiger partial charge in [-0.2, -0.15) is 0 Å². The Labute approximate surface area is 90.2 Å². The Bertz CT molecular complexity index is 253. The minimum absolute atomic E-state index is 0.0354. The van der Waals surface area contributed by atoms with Gasteiger partial charge in [0.2, 0.25) is 0 Å². The molecule has 0 aliphatic carbocycles. The van der Waals surface area contributed by atoms with Crippen LogP contribution in [0.2, 0.25) is 0 Å². The number of hydrogen-bond donors (Lipinski definition) is 0. The van der Waals surface area contributed by atoms with E-state index in [1.807, 2.05) is 4.90 Å². The number of rotatable bonds is 1. The van der Waals surface area contributed by atoms with E-state index in [0.717, 1.165) is 13.0 Å². The third-order valence-corrected chi connectivity index (χ3v) is 3.97. The second-order valence-corrected chi connectivity index (χ2v) is 5.63. The molecule has 0 radical (unpaired) electrons. The van der Waals surface area contributed by atoms with E-state index in [-0.39, 0.29) is 18.5 Å². The van der Waals surface area contributed by atoms with Crippen molar-refractivity contribution in [1.82, 2.24) is 9.80 Å². The summed E-state index contributed by atoms with van der Waals surface area (Å²) in [5, 5.41) is 0. The minimum Gasteiger partial charge on any atom is -0.300 e. The Morgan fingerprint density at radius 1 is 1.27 bits per heavy atom. The van der Waals surface area contributed by atoms with Gasteiger partial charge in [0.25, 0.3) is 5.92 Å². The maximum absolute atomic E-state index is 13.1. The van der Waals surface area contributed by atoms with Crippen LogP contribution in [0.5, 0.6) is 0 Å². The summed E-state index contributed by atoms with van der Waals surface area (Å²) in [7, 11) is 2.08. The van der Waals surface area contributed by atoms with Crippen molar-refractivity contribution in [2.45, 2.75) is 44.2 Å². The van der Waals surface area contributed by atoms with Gasteiger partial charge in [0.05, 0.1) is 6.54 Å². The molecule has 0 bridgehead atoms. The zero-order valence-corrected chi connectivity index (χ0v) is 9.76. The average molecular weight is 218 g/mol. The lowest BCUT2D eigenvalue weighted by molar-refractivity contribution is 0.00806. The molecule has 88 valence electrons. The average Bonchev–Trinajstić information content (AvgIpc) is 2.54. The summed E-state index contributed by atoms with van der Waals surface area (Å²) in [6.45, 7) is 5.80. The predicted molar refractivity (Wildman–Crippen MR) is 56.3 cm³/mol. The highest BCUT2D eigenvalue weighted by Gasteiger charge is 2.45. The highest BCUT2D eigenvalue weighted by molar-refractivity contribution is 4.98. The van der Waals surface area contributed by atoms with E-state index in [1.165, 1.54) is 0 Å².